The summed E-state index contributed by atoms with van der Waals surface area (Å²) in [6.07, 6.45) is 6.53. The van der Waals surface area contributed by atoms with Crippen molar-refractivity contribution in [1.29, 1.82) is 0 Å². The molecule has 2 N–H and O–H groups in total. The molecule has 180 valence electrons. The first-order valence-electron chi connectivity index (χ1n) is 12.1. The van der Waals surface area contributed by atoms with Gasteiger partial charge in [0.15, 0.2) is 0 Å². The van der Waals surface area contributed by atoms with Gasteiger partial charge >= 0.3 is 11.9 Å². The molecule has 2 unspecified atom stereocenters. The number of carbonyl (C=O) groups excluding carboxylic acids is 2. The average Bonchev–Trinajstić information content (AvgIpc) is 2.69. The molecule has 2 aliphatic heterocycles. The van der Waals surface area contributed by atoms with E-state index in [9.17, 15) is 9.59 Å². The van der Waals surface area contributed by atoms with E-state index in [-0.39, 0.29) is 46.3 Å². The van der Waals surface area contributed by atoms with E-state index in [1.54, 1.807) is 0 Å². The third kappa shape index (κ3) is 8.72. The Morgan fingerprint density at radius 2 is 1.29 bits per heavy atom. The predicted molar refractivity (Wildman–Crippen MR) is 124 cm³/mol. The van der Waals surface area contributed by atoms with E-state index in [0.717, 1.165) is 44.9 Å². The maximum absolute atomic E-state index is 12.3. The van der Waals surface area contributed by atoms with Crippen LogP contribution in [0.15, 0.2) is 0 Å². The molecule has 0 saturated carbocycles. The van der Waals surface area contributed by atoms with Crippen molar-refractivity contribution in [3.63, 3.8) is 0 Å². The highest BCUT2D eigenvalue weighted by molar-refractivity contribution is 5.70. The monoisotopic (exact) mass is 438 g/mol. The Kier molecular flexibility index (Phi) is 8.24. The van der Waals surface area contributed by atoms with Crippen molar-refractivity contribution in [2.45, 2.75) is 148 Å². The van der Waals surface area contributed by atoms with E-state index in [1.807, 2.05) is 0 Å². The largest absolute Gasteiger partial charge is 0.462 e. The minimum absolute atomic E-state index is 0.0206. The van der Waals surface area contributed by atoms with Gasteiger partial charge in [-0.1, -0.05) is 6.42 Å². The second kappa shape index (κ2) is 9.78. The molecule has 2 aliphatic rings. The van der Waals surface area contributed by atoms with Crippen LogP contribution in [0.25, 0.3) is 0 Å². The Labute approximate surface area is 189 Å². The summed E-state index contributed by atoms with van der Waals surface area (Å²) in [5.41, 5.74) is -0.226. The number of nitrogens with one attached hydrogen (secondary N) is 2. The smallest absolute Gasteiger partial charge is 0.306 e. The quantitative estimate of drug-likeness (QED) is 0.425. The van der Waals surface area contributed by atoms with Gasteiger partial charge in [-0.25, -0.2) is 0 Å². The van der Waals surface area contributed by atoms with Gasteiger partial charge in [0.05, 0.1) is 5.54 Å². The molecule has 2 fully saturated rings. The molecule has 0 aromatic rings. The number of rotatable bonds is 8. The van der Waals surface area contributed by atoms with Crippen molar-refractivity contribution in [3.05, 3.63) is 0 Å². The summed E-state index contributed by atoms with van der Waals surface area (Å²) in [5.74, 6) is -0.264. The van der Waals surface area contributed by atoms with Crippen molar-refractivity contribution in [3.8, 4) is 0 Å². The molecule has 0 bridgehead atoms. The third-order valence-electron chi connectivity index (χ3n) is 6.50. The van der Waals surface area contributed by atoms with Crippen LogP contribution >= 0.6 is 0 Å². The third-order valence-corrected chi connectivity index (χ3v) is 6.50. The SMILES string of the molecule is CC1(C)CCC(OC(=O)CCCCCC(=O)OC2CC(C)(C)NC2(C)C)CC(C)(C)N1. The zero-order valence-electron chi connectivity index (χ0n) is 21.2. The molecule has 31 heavy (non-hydrogen) atoms. The second-order valence-electron chi connectivity index (χ2n) is 12.2. The topological polar surface area (TPSA) is 76.7 Å². The van der Waals surface area contributed by atoms with E-state index in [1.165, 1.54) is 0 Å². The predicted octanol–water partition coefficient (Wildman–Crippen LogP) is 4.64. The van der Waals surface area contributed by atoms with Gasteiger partial charge in [-0.3, -0.25) is 9.59 Å². The van der Waals surface area contributed by atoms with Gasteiger partial charge in [0.2, 0.25) is 0 Å². The molecule has 0 spiro atoms. The summed E-state index contributed by atoms with van der Waals surface area (Å²) in [6, 6.07) is 0. The molecule has 0 radical (unpaired) electrons. The lowest BCUT2D eigenvalue weighted by Crippen LogP contribution is -2.50. The summed E-state index contributed by atoms with van der Waals surface area (Å²) >= 11 is 0. The number of esters is 2. The minimum Gasteiger partial charge on any atom is -0.462 e. The molecule has 6 heteroatoms. The van der Waals surface area contributed by atoms with Crippen LogP contribution in [0.3, 0.4) is 0 Å². The van der Waals surface area contributed by atoms with Crippen LogP contribution in [0.4, 0.5) is 0 Å². The van der Waals surface area contributed by atoms with Gasteiger partial charge in [0.1, 0.15) is 12.2 Å². The van der Waals surface area contributed by atoms with Crippen molar-refractivity contribution in [2.75, 3.05) is 0 Å². The highest BCUT2D eigenvalue weighted by atomic mass is 16.5. The number of carbonyl (C=O) groups is 2. The fraction of sp³-hybridized carbons (Fsp3) is 0.920. The molecule has 2 rings (SSSR count). The highest BCUT2D eigenvalue weighted by Crippen LogP contribution is 2.33. The zero-order chi connectivity index (χ0) is 23.5. The van der Waals surface area contributed by atoms with E-state index >= 15 is 0 Å². The summed E-state index contributed by atoms with van der Waals surface area (Å²) < 4.78 is 11.5. The van der Waals surface area contributed by atoms with E-state index in [2.05, 4.69) is 66.0 Å². The standard InChI is InChI=1S/C25H46N2O4/c1-22(2)15-14-18(16-23(3,4)26-22)30-20(28)12-10-9-11-13-21(29)31-19-17-24(5,6)27-25(19,7)8/h18-19,26-27H,9-17H2,1-8H3. The first kappa shape index (κ1) is 26.1. The van der Waals surface area contributed by atoms with Gasteiger partial charge in [-0.05, 0) is 81.1 Å². The molecular weight excluding hydrogens is 392 g/mol. The van der Waals surface area contributed by atoms with Crippen LogP contribution in [0.1, 0.15) is 113 Å². The van der Waals surface area contributed by atoms with Gasteiger partial charge in [-0.15, -0.1) is 0 Å². The molecule has 2 atom stereocenters. The fourth-order valence-electron chi connectivity index (χ4n) is 5.41. The molecule has 0 aromatic carbocycles. The van der Waals surface area contributed by atoms with Crippen LogP contribution in [0.2, 0.25) is 0 Å². The lowest BCUT2D eigenvalue weighted by atomic mass is 9.96. The van der Waals surface area contributed by atoms with Gasteiger partial charge < -0.3 is 20.1 Å². The molecular formula is C25H46N2O4. The van der Waals surface area contributed by atoms with Crippen molar-refractivity contribution in [2.24, 2.45) is 0 Å². The fourth-order valence-corrected chi connectivity index (χ4v) is 5.41. The average molecular weight is 439 g/mol. The summed E-state index contributed by atoms with van der Waals surface area (Å²) in [7, 11) is 0. The molecule has 0 aliphatic carbocycles. The first-order valence-corrected chi connectivity index (χ1v) is 12.1. The Morgan fingerprint density at radius 1 is 0.742 bits per heavy atom. The number of hydrogen-bond donors (Lipinski definition) is 2. The van der Waals surface area contributed by atoms with Crippen molar-refractivity contribution >= 4 is 11.9 Å². The second-order valence-corrected chi connectivity index (χ2v) is 12.2. The Balaban J connectivity index is 1.63. The van der Waals surface area contributed by atoms with Gasteiger partial charge in [0.25, 0.3) is 0 Å². The maximum atomic E-state index is 12.3. The molecule has 0 amide bonds. The van der Waals surface area contributed by atoms with Crippen LogP contribution in [-0.4, -0.2) is 46.3 Å². The van der Waals surface area contributed by atoms with E-state index in [4.69, 9.17) is 9.47 Å². The summed E-state index contributed by atoms with van der Waals surface area (Å²) in [5, 5.41) is 7.19. The van der Waals surface area contributed by atoms with Crippen molar-refractivity contribution in [1.82, 2.24) is 10.6 Å². The summed E-state index contributed by atoms with van der Waals surface area (Å²) in [4.78, 5) is 24.6. The first-order chi connectivity index (χ1) is 14.1. The minimum atomic E-state index is -0.208. The van der Waals surface area contributed by atoms with Crippen molar-refractivity contribution < 1.29 is 19.1 Å². The van der Waals surface area contributed by atoms with Crippen LogP contribution in [-0.2, 0) is 19.1 Å². The lowest BCUT2D eigenvalue weighted by molar-refractivity contribution is -0.151. The highest BCUT2D eigenvalue weighted by Gasteiger charge is 2.46. The lowest BCUT2D eigenvalue weighted by Gasteiger charge is -2.34. The van der Waals surface area contributed by atoms with Gasteiger partial charge in [0, 0.05) is 42.3 Å². The van der Waals surface area contributed by atoms with Crippen LogP contribution < -0.4 is 10.6 Å². The molecule has 0 aromatic heterocycles. The molecule has 2 saturated heterocycles. The molecule has 6 nitrogen and oxygen atoms in total. The normalized spacial score (nSPS) is 28.5. The van der Waals surface area contributed by atoms with Crippen LogP contribution in [0.5, 0.6) is 0 Å². The maximum Gasteiger partial charge on any atom is 0.306 e. The molecule has 2 heterocycles. The number of hydrogen-bond acceptors (Lipinski definition) is 6. The van der Waals surface area contributed by atoms with Gasteiger partial charge in [-0.2, -0.15) is 0 Å². The van der Waals surface area contributed by atoms with Crippen LogP contribution in [0, 0.1) is 0 Å². The zero-order valence-corrected chi connectivity index (χ0v) is 21.2. The Hall–Kier alpha value is -1.14. The Morgan fingerprint density at radius 3 is 1.84 bits per heavy atom. The Bertz CT molecular complexity index is 639. The summed E-state index contributed by atoms with van der Waals surface area (Å²) in [6.45, 7) is 17.2. The van der Waals surface area contributed by atoms with E-state index in [0.29, 0.717) is 12.8 Å². The number of ether oxygens (including phenoxy) is 2. The van der Waals surface area contributed by atoms with E-state index < -0.39 is 0 Å². The number of unbranched alkanes of at least 4 members (excludes halogenated alkanes) is 2.